The van der Waals surface area contributed by atoms with Crippen molar-refractivity contribution >= 4 is 11.7 Å². The molecule has 0 saturated carbocycles. The van der Waals surface area contributed by atoms with Crippen molar-refractivity contribution in [2.75, 3.05) is 7.11 Å². The first-order valence-electron chi connectivity index (χ1n) is 5.22. The molecule has 0 aliphatic heterocycles. The van der Waals surface area contributed by atoms with E-state index < -0.39 is 6.10 Å². The van der Waals surface area contributed by atoms with E-state index in [1.165, 1.54) is 0 Å². The Balaban J connectivity index is 2.45. The third kappa shape index (κ3) is 2.16. The van der Waals surface area contributed by atoms with Gasteiger partial charge < -0.3 is 9.84 Å². The summed E-state index contributed by atoms with van der Waals surface area (Å²) < 4.78 is 14.8. The number of hydrogen-bond acceptors (Lipinski definition) is 6. The summed E-state index contributed by atoms with van der Waals surface area (Å²) in [6.07, 6.45) is 2.28. The molecule has 92 valence electrons. The number of aliphatic hydroxyl groups excluding tert-OH is 1. The maximum atomic E-state index is 10.3. The lowest BCUT2D eigenvalue weighted by atomic mass is 10.2. The van der Waals surface area contributed by atoms with E-state index in [-0.39, 0.29) is 6.04 Å². The van der Waals surface area contributed by atoms with Crippen LogP contribution in [0.4, 0.5) is 0 Å². The standard InChI is InChI=1S/C10H14N4O2S/c1-6(2)14-9(8(16-3)5-11-14)10(15)7-4-12-17-13-7/h4-6,10,15H,1-3H3. The molecule has 2 rings (SSSR count). The van der Waals surface area contributed by atoms with Crippen LogP contribution < -0.4 is 4.74 Å². The SMILES string of the molecule is COc1cnn(C(C)C)c1C(O)c1cnsn1. The first-order valence-corrected chi connectivity index (χ1v) is 5.95. The van der Waals surface area contributed by atoms with Crippen LogP contribution in [-0.4, -0.2) is 30.7 Å². The van der Waals surface area contributed by atoms with Crippen LogP contribution in [0, 0.1) is 0 Å². The largest absolute Gasteiger partial charge is 0.493 e. The van der Waals surface area contributed by atoms with Gasteiger partial charge in [-0.15, -0.1) is 0 Å². The predicted octanol–water partition coefficient (Wildman–Crippen LogP) is 1.41. The highest BCUT2D eigenvalue weighted by molar-refractivity contribution is 6.99. The number of aromatic nitrogens is 4. The van der Waals surface area contributed by atoms with Gasteiger partial charge in [0, 0.05) is 6.04 Å². The van der Waals surface area contributed by atoms with E-state index >= 15 is 0 Å². The zero-order chi connectivity index (χ0) is 12.4. The zero-order valence-corrected chi connectivity index (χ0v) is 10.7. The van der Waals surface area contributed by atoms with E-state index in [0.29, 0.717) is 17.1 Å². The molecule has 7 heteroatoms. The second-order valence-corrected chi connectivity index (χ2v) is 4.43. The fourth-order valence-corrected chi connectivity index (χ4v) is 2.06. The molecule has 2 heterocycles. The fraction of sp³-hybridized carbons (Fsp3) is 0.500. The Hall–Kier alpha value is -1.47. The Morgan fingerprint density at radius 3 is 2.71 bits per heavy atom. The van der Waals surface area contributed by atoms with Crippen molar-refractivity contribution in [2.45, 2.75) is 26.0 Å². The molecule has 1 N–H and O–H groups in total. The number of rotatable bonds is 4. The quantitative estimate of drug-likeness (QED) is 0.893. The summed E-state index contributed by atoms with van der Waals surface area (Å²) in [6.45, 7) is 3.98. The van der Waals surface area contributed by atoms with Crippen molar-refractivity contribution in [3.8, 4) is 5.75 Å². The Kier molecular flexibility index (Phi) is 3.39. The minimum absolute atomic E-state index is 0.134. The molecule has 6 nitrogen and oxygen atoms in total. The summed E-state index contributed by atoms with van der Waals surface area (Å²) in [6, 6.07) is 0.134. The molecule has 0 radical (unpaired) electrons. The second-order valence-electron chi connectivity index (χ2n) is 3.87. The van der Waals surface area contributed by atoms with E-state index in [2.05, 4.69) is 13.8 Å². The molecule has 0 amide bonds. The maximum absolute atomic E-state index is 10.3. The van der Waals surface area contributed by atoms with Crippen molar-refractivity contribution in [3.05, 3.63) is 23.8 Å². The van der Waals surface area contributed by atoms with Crippen molar-refractivity contribution < 1.29 is 9.84 Å². The summed E-state index contributed by atoms with van der Waals surface area (Å²) in [5.74, 6) is 0.555. The molecule has 0 saturated heterocycles. The Bertz CT molecular complexity index is 480. The van der Waals surface area contributed by atoms with Crippen molar-refractivity contribution in [3.63, 3.8) is 0 Å². The van der Waals surface area contributed by atoms with Crippen molar-refractivity contribution in [1.29, 1.82) is 0 Å². The Labute approximate surface area is 103 Å². The number of hydrogen-bond donors (Lipinski definition) is 1. The average molecular weight is 254 g/mol. The number of nitrogens with zero attached hydrogens (tertiary/aromatic N) is 4. The topological polar surface area (TPSA) is 73.1 Å². The molecule has 0 bridgehead atoms. The van der Waals surface area contributed by atoms with Gasteiger partial charge in [-0.2, -0.15) is 13.8 Å². The van der Waals surface area contributed by atoms with Crippen molar-refractivity contribution in [2.24, 2.45) is 0 Å². The van der Waals surface area contributed by atoms with Crippen LogP contribution in [0.5, 0.6) is 5.75 Å². The second kappa shape index (κ2) is 4.80. The first kappa shape index (κ1) is 12.0. The van der Waals surface area contributed by atoms with Gasteiger partial charge >= 0.3 is 0 Å². The summed E-state index contributed by atoms with van der Waals surface area (Å²) >= 11 is 1.06. The molecule has 0 spiro atoms. The molecular formula is C10H14N4O2S. The summed E-state index contributed by atoms with van der Waals surface area (Å²) in [5, 5.41) is 14.5. The van der Waals surface area contributed by atoms with Gasteiger partial charge in [-0.25, -0.2) is 0 Å². The molecule has 17 heavy (non-hydrogen) atoms. The molecular weight excluding hydrogens is 240 g/mol. The minimum Gasteiger partial charge on any atom is -0.493 e. The molecule has 2 aromatic rings. The number of ether oxygens (including phenoxy) is 1. The Morgan fingerprint density at radius 1 is 1.41 bits per heavy atom. The highest BCUT2D eigenvalue weighted by Crippen LogP contribution is 2.30. The fourth-order valence-electron chi connectivity index (χ4n) is 1.62. The molecule has 0 aliphatic rings. The lowest BCUT2D eigenvalue weighted by Crippen LogP contribution is -2.13. The summed E-state index contributed by atoms with van der Waals surface area (Å²) in [4.78, 5) is 0. The lowest BCUT2D eigenvalue weighted by molar-refractivity contribution is 0.196. The van der Waals surface area contributed by atoms with Crippen LogP contribution >= 0.6 is 11.7 Å². The monoisotopic (exact) mass is 254 g/mol. The van der Waals surface area contributed by atoms with Crippen LogP contribution in [0.15, 0.2) is 12.4 Å². The number of methoxy groups -OCH3 is 1. The van der Waals surface area contributed by atoms with E-state index in [4.69, 9.17) is 4.74 Å². The van der Waals surface area contributed by atoms with E-state index in [1.54, 1.807) is 24.2 Å². The zero-order valence-electron chi connectivity index (χ0n) is 9.86. The minimum atomic E-state index is -0.867. The molecule has 2 aromatic heterocycles. The third-order valence-electron chi connectivity index (χ3n) is 2.43. The first-order chi connectivity index (χ1) is 8.15. The van der Waals surface area contributed by atoms with Gasteiger partial charge in [0.15, 0.2) is 5.75 Å². The molecule has 0 aromatic carbocycles. The summed E-state index contributed by atoms with van der Waals surface area (Å²) in [5.41, 5.74) is 1.12. The third-order valence-corrected chi connectivity index (χ3v) is 2.92. The van der Waals surface area contributed by atoms with Gasteiger partial charge in [-0.05, 0) is 13.8 Å². The van der Waals surface area contributed by atoms with Crippen LogP contribution in [-0.2, 0) is 0 Å². The van der Waals surface area contributed by atoms with Gasteiger partial charge in [-0.1, -0.05) is 0 Å². The maximum Gasteiger partial charge on any atom is 0.163 e. The molecule has 0 fully saturated rings. The highest BCUT2D eigenvalue weighted by Gasteiger charge is 2.24. The van der Waals surface area contributed by atoms with Gasteiger partial charge in [0.2, 0.25) is 0 Å². The van der Waals surface area contributed by atoms with Gasteiger partial charge in [0.25, 0.3) is 0 Å². The van der Waals surface area contributed by atoms with Gasteiger partial charge in [0.1, 0.15) is 17.5 Å². The van der Waals surface area contributed by atoms with Crippen LogP contribution in [0.2, 0.25) is 0 Å². The van der Waals surface area contributed by atoms with E-state index in [0.717, 1.165) is 11.7 Å². The lowest BCUT2D eigenvalue weighted by Gasteiger charge is -2.15. The summed E-state index contributed by atoms with van der Waals surface area (Å²) in [7, 11) is 1.55. The Morgan fingerprint density at radius 2 is 2.18 bits per heavy atom. The van der Waals surface area contributed by atoms with E-state index in [1.807, 2.05) is 13.8 Å². The average Bonchev–Trinajstić information content (AvgIpc) is 2.96. The molecule has 1 atom stereocenters. The van der Waals surface area contributed by atoms with Crippen molar-refractivity contribution in [1.82, 2.24) is 18.5 Å². The predicted molar refractivity (Wildman–Crippen MR) is 63.1 cm³/mol. The van der Waals surface area contributed by atoms with Crippen LogP contribution in [0.1, 0.15) is 37.4 Å². The molecule has 1 unspecified atom stereocenters. The van der Waals surface area contributed by atoms with Gasteiger partial charge in [-0.3, -0.25) is 4.68 Å². The molecule has 0 aliphatic carbocycles. The van der Waals surface area contributed by atoms with Crippen LogP contribution in [0.3, 0.4) is 0 Å². The smallest absolute Gasteiger partial charge is 0.163 e. The van der Waals surface area contributed by atoms with E-state index in [9.17, 15) is 5.11 Å². The van der Waals surface area contributed by atoms with Gasteiger partial charge in [0.05, 0.1) is 31.2 Å². The normalized spacial score (nSPS) is 13.0. The van der Waals surface area contributed by atoms with Crippen LogP contribution in [0.25, 0.3) is 0 Å². The highest BCUT2D eigenvalue weighted by atomic mass is 32.1. The number of aliphatic hydroxyl groups is 1.